The van der Waals surface area contributed by atoms with E-state index in [1.165, 1.54) is 12.8 Å². The first kappa shape index (κ1) is 21.0. The van der Waals surface area contributed by atoms with Crippen molar-refractivity contribution in [3.63, 3.8) is 0 Å². The van der Waals surface area contributed by atoms with E-state index in [4.69, 9.17) is 0 Å². The minimum absolute atomic E-state index is 0.209. The van der Waals surface area contributed by atoms with Crippen molar-refractivity contribution < 1.29 is 5.11 Å². The van der Waals surface area contributed by atoms with Gasteiger partial charge >= 0.3 is 0 Å². The molecule has 0 aliphatic heterocycles. The van der Waals surface area contributed by atoms with E-state index in [-0.39, 0.29) is 11.5 Å². The first-order valence-corrected chi connectivity index (χ1v) is 9.04. The Bertz CT molecular complexity index is 282. The molecule has 0 bridgehead atoms. The first-order valence-electron chi connectivity index (χ1n) is 9.04. The van der Waals surface area contributed by atoms with Crippen molar-refractivity contribution in [2.24, 2.45) is 34.5 Å². The highest BCUT2D eigenvalue weighted by Crippen LogP contribution is 2.47. The maximum atomic E-state index is 10.1. The maximum Gasteiger partial charge on any atom is 0.0542 e. The van der Waals surface area contributed by atoms with E-state index in [2.05, 4.69) is 62.3 Å². The van der Waals surface area contributed by atoms with Crippen molar-refractivity contribution in [2.75, 3.05) is 0 Å². The van der Waals surface area contributed by atoms with E-state index in [9.17, 15) is 5.11 Å². The van der Waals surface area contributed by atoms with Crippen molar-refractivity contribution in [3.8, 4) is 0 Å². The fraction of sp³-hybridized carbons (Fsp3) is 1.00. The summed E-state index contributed by atoms with van der Waals surface area (Å²) in [5.74, 6) is 2.39. The van der Waals surface area contributed by atoms with Gasteiger partial charge in [-0.1, -0.05) is 68.7 Å². The number of hydrogen-bond donors (Lipinski definition) is 1. The second-order valence-electron chi connectivity index (χ2n) is 9.23. The number of rotatable bonds is 9. The third-order valence-corrected chi connectivity index (χ3v) is 6.05. The molecule has 1 heteroatoms. The Kier molecular flexibility index (Phi) is 7.98. The third kappa shape index (κ3) is 6.30. The average Bonchev–Trinajstić information content (AvgIpc) is 2.33. The summed E-state index contributed by atoms with van der Waals surface area (Å²) >= 11 is 0. The van der Waals surface area contributed by atoms with Crippen molar-refractivity contribution in [1.29, 1.82) is 0 Å². The van der Waals surface area contributed by atoms with Crippen LogP contribution in [-0.4, -0.2) is 11.2 Å². The normalized spacial score (nSPS) is 20.4. The van der Waals surface area contributed by atoms with E-state index in [0.717, 1.165) is 18.3 Å². The quantitative estimate of drug-likeness (QED) is 0.541. The lowest BCUT2D eigenvalue weighted by molar-refractivity contribution is 0.0262. The van der Waals surface area contributed by atoms with Crippen LogP contribution in [0.15, 0.2) is 0 Å². The lowest BCUT2D eigenvalue weighted by Gasteiger charge is -2.45. The van der Waals surface area contributed by atoms with Crippen LogP contribution in [0, 0.1) is 34.5 Å². The molecular weight excluding hydrogens is 256 g/mol. The minimum atomic E-state index is -0.209. The van der Waals surface area contributed by atoms with Gasteiger partial charge in [-0.3, -0.25) is 0 Å². The maximum absolute atomic E-state index is 10.1. The van der Waals surface area contributed by atoms with E-state index in [1.807, 2.05) is 6.92 Å². The summed E-state index contributed by atoms with van der Waals surface area (Å²) in [7, 11) is 0. The summed E-state index contributed by atoms with van der Waals surface area (Å²) in [5.41, 5.74) is 0.664. The molecule has 0 aromatic carbocycles. The van der Waals surface area contributed by atoms with Gasteiger partial charge < -0.3 is 5.11 Å². The molecule has 1 nitrogen and oxygen atoms in total. The van der Waals surface area contributed by atoms with Crippen LogP contribution in [0.25, 0.3) is 0 Å². The molecule has 0 saturated carbocycles. The Morgan fingerprint density at radius 3 is 1.62 bits per heavy atom. The van der Waals surface area contributed by atoms with Gasteiger partial charge in [0.05, 0.1) is 6.10 Å². The second-order valence-corrected chi connectivity index (χ2v) is 9.23. The van der Waals surface area contributed by atoms with Gasteiger partial charge in [-0.05, 0) is 54.3 Å². The number of hydrogen-bond acceptors (Lipinski definition) is 1. The van der Waals surface area contributed by atoms with Crippen LogP contribution in [-0.2, 0) is 0 Å². The zero-order valence-electron chi connectivity index (χ0n) is 16.5. The summed E-state index contributed by atoms with van der Waals surface area (Å²) in [5, 5.41) is 10.1. The molecule has 0 aromatic heterocycles. The summed E-state index contributed by atoms with van der Waals surface area (Å²) < 4.78 is 0. The van der Waals surface area contributed by atoms with Crippen molar-refractivity contribution in [2.45, 2.75) is 94.6 Å². The molecule has 0 heterocycles. The summed E-state index contributed by atoms with van der Waals surface area (Å²) in [4.78, 5) is 0. The van der Waals surface area contributed by atoms with Crippen LogP contribution in [0.3, 0.4) is 0 Å². The van der Waals surface area contributed by atoms with Crippen LogP contribution >= 0.6 is 0 Å². The van der Waals surface area contributed by atoms with Crippen LogP contribution in [0.5, 0.6) is 0 Å². The molecule has 1 N–H and O–H groups in total. The number of aliphatic hydroxyl groups is 1. The standard InChI is InChI=1S/C20H42O/c1-11-20(10,16(6)14(2)3)13-19(8,9)12-18(15(4)5)17(7)21/h14-18,21H,11-13H2,1-10H3. The molecule has 0 rings (SSSR count). The van der Waals surface area contributed by atoms with E-state index < -0.39 is 0 Å². The highest BCUT2D eigenvalue weighted by Gasteiger charge is 2.38. The SMILES string of the molecule is CCC(C)(CC(C)(C)CC(C(C)C)C(C)O)C(C)C(C)C. The number of aliphatic hydroxyl groups excluding tert-OH is 1. The molecule has 0 spiro atoms. The molecule has 0 amide bonds. The van der Waals surface area contributed by atoms with Gasteiger partial charge in [0.1, 0.15) is 0 Å². The smallest absolute Gasteiger partial charge is 0.0542 e. The molecule has 0 saturated heterocycles. The molecule has 0 aromatic rings. The monoisotopic (exact) mass is 298 g/mol. The van der Waals surface area contributed by atoms with Gasteiger partial charge in [0.15, 0.2) is 0 Å². The zero-order valence-corrected chi connectivity index (χ0v) is 16.5. The van der Waals surface area contributed by atoms with Crippen LogP contribution < -0.4 is 0 Å². The van der Waals surface area contributed by atoms with E-state index >= 15 is 0 Å². The first-order chi connectivity index (χ1) is 9.36. The Morgan fingerprint density at radius 2 is 1.33 bits per heavy atom. The second kappa shape index (κ2) is 7.99. The van der Waals surface area contributed by atoms with Gasteiger partial charge in [-0.2, -0.15) is 0 Å². The highest BCUT2D eigenvalue weighted by molar-refractivity contribution is 4.88. The molecular formula is C20H42O. The molecule has 0 aliphatic carbocycles. The predicted molar refractivity (Wildman–Crippen MR) is 95.4 cm³/mol. The molecule has 0 fully saturated rings. The third-order valence-electron chi connectivity index (χ3n) is 6.05. The van der Waals surface area contributed by atoms with Gasteiger partial charge in [0.2, 0.25) is 0 Å². The van der Waals surface area contributed by atoms with Crippen molar-refractivity contribution in [3.05, 3.63) is 0 Å². The van der Waals surface area contributed by atoms with Crippen LogP contribution in [0.1, 0.15) is 88.5 Å². The van der Waals surface area contributed by atoms with Gasteiger partial charge in [-0.15, -0.1) is 0 Å². The summed E-state index contributed by atoms with van der Waals surface area (Å²) in [6.45, 7) is 23.1. The van der Waals surface area contributed by atoms with Crippen molar-refractivity contribution in [1.82, 2.24) is 0 Å². The molecule has 21 heavy (non-hydrogen) atoms. The predicted octanol–water partition coefficient (Wildman–Crippen LogP) is 6.15. The average molecular weight is 299 g/mol. The zero-order chi connectivity index (χ0) is 17.0. The van der Waals surface area contributed by atoms with Gasteiger partial charge in [0, 0.05) is 0 Å². The lowest BCUT2D eigenvalue weighted by atomic mass is 9.61. The van der Waals surface area contributed by atoms with Gasteiger partial charge in [0.25, 0.3) is 0 Å². The fourth-order valence-corrected chi connectivity index (χ4v) is 4.18. The highest BCUT2D eigenvalue weighted by atomic mass is 16.3. The summed E-state index contributed by atoms with van der Waals surface area (Å²) in [6, 6.07) is 0. The fourth-order valence-electron chi connectivity index (χ4n) is 4.18. The van der Waals surface area contributed by atoms with Crippen LogP contribution in [0.4, 0.5) is 0 Å². The molecule has 0 aliphatic rings. The Balaban J connectivity index is 5.06. The lowest BCUT2D eigenvalue weighted by Crippen LogP contribution is -2.36. The largest absolute Gasteiger partial charge is 0.393 e. The topological polar surface area (TPSA) is 20.2 Å². The minimum Gasteiger partial charge on any atom is -0.393 e. The molecule has 4 unspecified atom stereocenters. The van der Waals surface area contributed by atoms with Crippen molar-refractivity contribution >= 4 is 0 Å². The Morgan fingerprint density at radius 1 is 0.857 bits per heavy atom. The van der Waals surface area contributed by atoms with Gasteiger partial charge in [-0.25, -0.2) is 0 Å². The Hall–Kier alpha value is -0.0400. The molecule has 128 valence electrons. The van der Waals surface area contributed by atoms with E-state index in [1.54, 1.807) is 0 Å². The van der Waals surface area contributed by atoms with E-state index in [0.29, 0.717) is 17.3 Å². The molecule has 0 radical (unpaired) electrons. The molecule has 4 atom stereocenters. The summed E-state index contributed by atoms with van der Waals surface area (Å²) in [6.07, 6.45) is 3.38. The Labute approximate surface area is 134 Å². The van der Waals surface area contributed by atoms with Crippen LogP contribution in [0.2, 0.25) is 0 Å².